The van der Waals surface area contributed by atoms with Gasteiger partial charge >= 0.3 is 0 Å². The van der Waals surface area contributed by atoms with Gasteiger partial charge in [-0.1, -0.05) is 25.4 Å². The van der Waals surface area contributed by atoms with E-state index in [0.717, 1.165) is 0 Å². The van der Waals surface area contributed by atoms with E-state index in [1.54, 1.807) is 4.90 Å². The number of hydrogen-bond acceptors (Lipinski definition) is 3. The minimum absolute atomic E-state index is 0.0114. The zero-order valence-electron chi connectivity index (χ0n) is 16.1. The highest BCUT2D eigenvalue weighted by molar-refractivity contribution is 6.32. The smallest absolute Gasteiger partial charge is 0.225 e. The number of ether oxygens (including phenoxy) is 1. The first kappa shape index (κ1) is 21.5. The summed E-state index contributed by atoms with van der Waals surface area (Å²) < 4.78 is 18.5. The van der Waals surface area contributed by atoms with Gasteiger partial charge in [0.1, 0.15) is 11.6 Å². The van der Waals surface area contributed by atoms with E-state index in [1.165, 1.54) is 18.2 Å². The molecular formula is C20H28ClFN2O3. The number of hydrogen-bond donors (Lipinski definition) is 1. The Balaban J connectivity index is 1.72. The molecule has 1 aromatic rings. The van der Waals surface area contributed by atoms with E-state index in [0.29, 0.717) is 37.6 Å². The van der Waals surface area contributed by atoms with Crippen LogP contribution in [0.2, 0.25) is 5.02 Å². The number of carbonyl (C=O) groups excluding carboxylic acids is 2. The molecule has 2 rings (SSSR count). The van der Waals surface area contributed by atoms with Crippen molar-refractivity contribution >= 4 is 23.4 Å². The maximum absolute atomic E-state index is 13.0. The first-order valence-corrected chi connectivity index (χ1v) is 9.81. The van der Waals surface area contributed by atoms with Crippen LogP contribution >= 0.6 is 11.6 Å². The highest BCUT2D eigenvalue weighted by atomic mass is 35.5. The molecule has 1 atom stereocenters. The van der Waals surface area contributed by atoms with Crippen molar-refractivity contribution in [2.75, 3.05) is 19.7 Å². The minimum Gasteiger partial charge on any atom is -0.491 e. The lowest BCUT2D eigenvalue weighted by Gasteiger charge is -2.32. The van der Waals surface area contributed by atoms with Crippen molar-refractivity contribution in [1.29, 1.82) is 0 Å². The van der Waals surface area contributed by atoms with Crippen molar-refractivity contribution in [2.45, 2.75) is 46.1 Å². The number of nitrogens with zero attached hydrogens (tertiary/aromatic N) is 1. The number of carbonyl (C=O) groups is 2. The van der Waals surface area contributed by atoms with Gasteiger partial charge in [-0.3, -0.25) is 9.59 Å². The third-order valence-electron chi connectivity index (χ3n) is 5.06. The molecule has 5 nitrogen and oxygen atoms in total. The van der Waals surface area contributed by atoms with Crippen LogP contribution in [0.15, 0.2) is 18.2 Å². The van der Waals surface area contributed by atoms with E-state index < -0.39 is 5.82 Å². The van der Waals surface area contributed by atoms with Crippen molar-refractivity contribution in [3.05, 3.63) is 29.0 Å². The first-order chi connectivity index (χ1) is 12.8. The maximum atomic E-state index is 13.0. The molecule has 1 heterocycles. The van der Waals surface area contributed by atoms with E-state index >= 15 is 0 Å². The molecule has 0 spiro atoms. The molecule has 2 amide bonds. The van der Waals surface area contributed by atoms with Gasteiger partial charge in [0.25, 0.3) is 0 Å². The Kier molecular flexibility index (Phi) is 7.90. The molecule has 0 bridgehead atoms. The van der Waals surface area contributed by atoms with Gasteiger partial charge in [-0.2, -0.15) is 0 Å². The fourth-order valence-corrected chi connectivity index (χ4v) is 3.12. The standard InChI is InChI=1S/C20H28ClFN2O3/c1-13(2)14(3)23-20(26)15-6-9-24(10-7-15)19(25)8-11-27-18-5-4-16(22)12-17(18)21/h4-5,12-15H,6-11H2,1-3H3,(H,23,26). The Hall–Kier alpha value is -1.82. The van der Waals surface area contributed by atoms with Crippen LogP contribution in [0, 0.1) is 17.7 Å². The van der Waals surface area contributed by atoms with Gasteiger partial charge in [0.15, 0.2) is 0 Å². The molecule has 0 saturated carbocycles. The lowest BCUT2D eigenvalue weighted by Crippen LogP contribution is -2.46. The predicted octanol–water partition coefficient (Wildman–Crippen LogP) is 3.65. The van der Waals surface area contributed by atoms with Crippen LogP contribution in [0.4, 0.5) is 4.39 Å². The third kappa shape index (κ3) is 6.38. The topological polar surface area (TPSA) is 58.6 Å². The molecule has 7 heteroatoms. The van der Waals surface area contributed by atoms with Crippen molar-refractivity contribution in [1.82, 2.24) is 10.2 Å². The summed E-state index contributed by atoms with van der Waals surface area (Å²) in [5.74, 6) is 0.355. The Bertz CT molecular complexity index is 661. The fourth-order valence-electron chi connectivity index (χ4n) is 2.90. The zero-order chi connectivity index (χ0) is 20.0. The second-order valence-electron chi connectivity index (χ2n) is 7.37. The van der Waals surface area contributed by atoms with Crippen molar-refractivity contribution in [2.24, 2.45) is 11.8 Å². The average Bonchev–Trinajstić information content (AvgIpc) is 2.63. The van der Waals surface area contributed by atoms with Crippen LogP contribution in [0.1, 0.15) is 40.0 Å². The number of likely N-dealkylation sites (tertiary alicyclic amines) is 1. The number of nitrogens with one attached hydrogen (secondary N) is 1. The summed E-state index contributed by atoms with van der Waals surface area (Å²) >= 11 is 5.90. The summed E-state index contributed by atoms with van der Waals surface area (Å²) in [5, 5.41) is 3.24. The molecule has 27 heavy (non-hydrogen) atoms. The molecule has 1 aromatic carbocycles. The van der Waals surface area contributed by atoms with Gasteiger partial charge < -0.3 is 15.0 Å². The molecule has 1 aliphatic rings. The normalized spacial score (nSPS) is 16.3. The molecule has 0 radical (unpaired) electrons. The van der Waals surface area contributed by atoms with E-state index in [9.17, 15) is 14.0 Å². The summed E-state index contributed by atoms with van der Waals surface area (Å²) in [6, 6.07) is 4.03. The van der Waals surface area contributed by atoms with Crippen LogP contribution in [0.3, 0.4) is 0 Å². The lowest BCUT2D eigenvalue weighted by atomic mass is 9.94. The van der Waals surface area contributed by atoms with Crippen LogP contribution in [0.25, 0.3) is 0 Å². The van der Waals surface area contributed by atoms with Crippen LogP contribution in [-0.2, 0) is 9.59 Å². The van der Waals surface area contributed by atoms with Crippen molar-refractivity contribution < 1.29 is 18.7 Å². The van der Waals surface area contributed by atoms with Crippen molar-refractivity contribution in [3.63, 3.8) is 0 Å². The molecule has 1 unspecified atom stereocenters. The Morgan fingerprint density at radius 2 is 1.96 bits per heavy atom. The number of piperidine rings is 1. The number of amides is 2. The Morgan fingerprint density at radius 3 is 2.56 bits per heavy atom. The van der Waals surface area contributed by atoms with E-state index in [2.05, 4.69) is 19.2 Å². The summed E-state index contributed by atoms with van der Waals surface area (Å²) in [4.78, 5) is 26.4. The predicted molar refractivity (Wildman–Crippen MR) is 103 cm³/mol. The second-order valence-corrected chi connectivity index (χ2v) is 7.78. The molecule has 0 aliphatic carbocycles. The van der Waals surface area contributed by atoms with E-state index in [-0.39, 0.29) is 41.8 Å². The average molecular weight is 399 g/mol. The second kappa shape index (κ2) is 9.93. The van der Waals surface area contributed by atoms with E-state index in [1.807, 2.05) is 6.92 Å². The van der Waals surface area contributed by atoms with Gasteiger partial charge in [0.05, 0.1) is 18.1 Å². The quantitative estimate of drug-likeness (QED) is 0.762. The van der Waals surface area contributed by atoms with Gasteiger partial charge in [-0.25, -0.2) is 4.39 Å². The zero-order valence-corrected chi connectivity index (χ0v) is 16.9. The molecule has 150 valence electrons. The molecule has 1 fully saturated rings. The fraction of sp³-hybridized carbons (Fsp3) is 0.600. The van der Waals surface area contributed by atoms with Crippen LogP contribution in [-0.4, -0.2) is 42.5 Å². The lowest BCUT2D eigenvalue weighted by molar-refractivity contribution is -0.136. The minimum atomic E-state index is -0.432. The van der Waals surface area contributed by atoms with Gasteiger partial charge in [0, 0.05) is 25.0 Å². The highest BCUT2D eigenvalue weighted by Crippen LogP contribution is 2.25. The SMILES string of the molecule is CC(C)C(C)NC(=O)C1CCN(C(=O)CCOc2ccc(F)cc2Cl)CC1. The Labute approximate surface area is 165 Å². The summed E-state index contributed by atoms with van der Waals surface area (Å²) in [6.07, 6.45) is 1.56. The van der Waals surface area contributed by atoms with Gasteiger partial charge in [-0.05, 0) is 43.9 Å². The summed E-state index contributed by atoms with van der Waals surface area (Å²) in [7, 11) is 0. The van der Waals surface area contributed by atoms with E-state index in [4.69, 9.17) is 16.3 Å². The first-order valence-electron chi connectivity index (χ1n) is 9.44. The maximum Gasteiger partial charge on any atom is 0.225 e. The highest BCUT2D eigenvalue weighted by Gasteiger charge is 2.28. The number of halogens is 2. The molecule has 1 saturated heterocycles. The van der Waals surface area contributed by atoms with Crippen molar-refractivity contribution in [3.8, 4) is 5.75 Å². The van der Waals surface area contributed by atoms with Crippen LogP contribution < -0.4 is 10.1 Å². The van der Waals surface area contributed by atoms with Gasteiger partial charge in [0.2, 0.25) is 11.8 Å². The van der Waals surface area contributed by atoms with Gasteiger partial charge in [-0.15, -0.1) is 0 Å². The third-order valence-corrected chi connectivity index (χ3v) is 5.35. The summed E-state index contributed by atoms with van der Waals surface area (Å²) in [6.45, 7) is 7.49. The summed E-state index contributed by atoms with van der Waals surface area (Å²) in [5.41, 5.74) is 0. The molecular weight excluding hydrogens is 371 g/mol. The monoisotopic (exact) mass is 398 g/mol. The molecule has 1 N–H and O–H groups in total. The molecule has 0 aromatic heterocycles. The Morgan fingerprint density at radius 1 is 1.30 bits per heavy atom. The van der Waals surface area contributed by atoms with Crippen LogP contribution in [0.5, 0.6) is 5.75 Å². The number of rotatable bonds is 7. The largest absolute Gasteiger partial charge is 0.491 e. The number of benzene rings is 1. The molecule has 1 aliphatic heterocycles.